The number of aromatic hydroxyl groups is 1. The summed E-state index contributed by atoms with van der Waals surface area (Å²) >= 11 is 0. The van der Waals surface area contributed by atoms with E-state index in [1.54, 1.807) is 4.68 Å². The largest absolute Gasteiger partial charge is 0.504 e. The highest BCUT2D eigenvalue weighted by atomic mass is 16.3. The Kier molecular flexibility index (Phi) is 4.92. The molecule has 5 heteroatoms. The van der Waals surface area contributed by atoms with Crippen LogP contribution < -0.4 is 0 Å². The molecule has 138 valence electrons. The molecule has 5 nitrogen and oxygen atoms in total. The molecule has 1 saturated heterocycles. The van der Waals surface area contributed by atoms with Gasteiger partial charge in [0.1, 0.15) is 0 Å². The molecule has 27 heavy (non-hydrogen) atoms. The topological polar surface area (TPSA) is 58.4 Å². The van der Waals surface area contributed by atoms with Gasteiger partial charge in [0, 0.05) is 13.1 Å². The Bertz CT molecular complexity index is 906. The molecule has 0 spiro atoms. The number of benzene rings is 2. The fourth-order valence-electron chi connectivity index (χ4n) is 3.74. The minimum absolute atomic E-state index is 0.0762. The van der Waals surface area contributed by atoms with E-state index in [0.29, 0.717) is 19.0 Å². The van der Waals surface area contributed by atoms with Gasteiger partial charge >= 0.3 is 0 Å². The van der Waals surface area contributed by atoms with Gasteiger partial charge in [0.05, 0.1) is 11.9 Å². The third-order valence-electron chi connectivity index (χ3n) is 5.20. The Morgan fingerprint density at radius 1 is 0.963 bits per heavy atom. The average molecular weight is 361 g/mol. The fraction of sp³-hybridized carbons (Fsp3) is 0.273. The van der Waals surface area contributed by atoms with Crippen molar-refractivity contribution in [3.63, 3.8) is 0 Å². The number of hydrogen-bond acceptors (Lipinski definition) is 3. The average Bonchev–Trinajstić information content (AvgIpc) is 2.94. The zero-order valence-corrected chi connectivity index (χ0v) is 15.2. The second-order valence-corrected chi connectivity index (χ2v) is 6.97. The maximum Gasteiger partial charge on any atom is 0.278 e. The predicted octanol–water partition coefficient (Wildman–Crippen LogP) is 3.99. The van der Waals surface area contributed by atoms with Gasteiger partial charge in [0.2, 0.25) is 0 Å². The third kappa shape index (κ3) is 3.72. The van der Waals surface area contributed by atoms with Crippen molar-refractivity contribution < 1.29 is 9.90 Å². The lowest BCUT2D eigenvalue weighted by Gasteiger charge is -2.19. The summed E-state index contributed by atoms with van der Waals surface area (Å²) in [5, 5.41) is 14.6. The lowest BCUT2D eigenvalue weighted by Crippen LogP contribution is -2.32. The second-order valence-electron chi connectivity index (χ2n) is 6.97. The first kappa shape index (κ1) is 17.3. The van der Waals surface area contributed by atoms with Gasteiger partial charge in [0.15, 0.2) is 11.4 Å². The quantitative estimate of drug-likeness (QED) is 0.767. The summed E-state index contributed by atoms with van der Waals surface area (Å²) < 4.78 is 1.55. The summed E-state index contributed by atoms with van der Waals surface area (Å²) in [7, 11) is 0. The Labute approximate surface area is 158 Å². The van der Waals surface area contributed by atoms with Crippen molar-refractivity contribution in [2.45, 2.75) is 25.2 Å². The van der Waals surface area contributed by atoms with Crippen molar-refractivity contribution in [3.8, 4) is 11.4 Å². The molecule has 0 aliphatic carbocycles. The lowest BCUT2D eigenvalue weighted by atomic mass is 9.92. The van der Waals surface area contributed by atoms with Crippen LogP contribution in [0.4, 0.5) is 0 Å². The second kappa shape index (κ2) is 7.66. The SMILES string of the molecule is O=C(c1nn(-c2ccccc2)cc1O)N1CCCC(c2ccccc2)CC1. The monoisotopic (exact) mass is 361 g/mol. The molecule has 1 unspecified atom stereocenters. The van der Waals surface area contributed by atoms with E-state index in [1.165, 1.54) is 11.8 Å². The van der Waals surface area contributed by atoms with Crippen LogP contribution in [-0.2, 0) is 0 Å². The summed E-state index contributed by atoms with van der Waals surface area (Å²) in [6, 6.07) is 20.0. The maximum atomic E-state index is 13.0. The van der Waals surface area contributed by atoms with Crippen LogP contribution in [0.2, 0.25) is 0 Å². The Morgan fingerprint density at radius 2 is 1.67 bits per heavy atom. The Hall–Kier alpha value is -3.08. The van der Waals surface area contributed by atoms with Crippen LogP contribution in [0.15, 0.2) is 66.9 Å². The van der Waals surface area contributed by atoms with Crippen molar-refractivity contribution in [3.05, 3.63) is 78.1 Å². The van der Waals surface area contributed by atoms with E-state index >= 15 is 0 Å². The van der Waals surface area contributed by atoms with E-state index in [-0.39, 0.29) is 17.4 Å². The number of nitrogens with zero attached hydrogens (tertiary/aromatic N) is 3. The van der Waals surface area contributed by atoms with E-state index in [2.05, 4.69) is 29.4 Å². The van der Waals surface area contributed by atoms with Crippen LogP contribution in [0.3, 0.4) is 0 Å². The number of hydrogen-bond donors (Lipinski definition) is 1. The van der Waals surface area contributed by atoms with Crippen LogP contribution in [-0.4, -0.2) is 38.8 Å². The first-order chi connectivity index (χ1) is 13.2. The predicted molar refractivity (Wildman–Crippen MR) is 104 cm³/mol. The van der Waals surface area contributed by atoms with Gasteiger partial charge in [-0.2, -0.15) is 5.10 Å². The molecule has 4 rings (SSSR count). The minimum Gasteiger partial charge on any atom is -0.504 e. The standard InChI is InChI=1S/C22H23N3O2/c26-20-16-25(19-11-5-2-6-12-19)23-21(20)22(27)24-14-7-10-18(13-15-24)17-8-3-1-4-9-17/h1-6,8-9,11-12,16,18,26H,7,10,13-15H2. The van der Waals surface area contributed by atoms with Gasteiger partial charge in [-0.05, 0) is 42.9 Å². The normalized spacial score (nSPS) is 17.5. The molecule has 2 heterocycles. The molecular weight excluding hydrogens is 338 g/mol. The van der Waals surface area contributed by atoms with Crippen LogP contribution in [0.5, 0.6) is 5.75 Å². The summed E-state index contributed by atoms with van der Waals surface area (Å²) in [4.78, 5) is 14.8. The molecule has 1 aliphatic rings. The summed E-state index contributed by atoms with van der Waals surface area (Å²) in [5.41, 5.74) is 2.27. The number of carbonyl (C=O) groups excluding carboxylic acids is 1. The van der Waals surface area contributed by atoms with E-state index < -0.39 is 0 Å². The maximum absolute atomic E-state index is 13.0. The van der Waals surface area contributed by atoms with Crippen molar-refractivity contribution in [1.29, 1.82) is 0 Å². The molecule has 2 aromatic carbocycles. The number of aromatic nitrogens is 2. The van der Waals surface area contributed by atoms with Gasteiger partial charge in [-0.15, -0.1) is 0 Å². The highest BCUT2D eigenvalue weighted by Gasteiger charge is 2.26. The van der Waals surface area contributed by atoms with Crippen LogP contribution in [0, 0.1) is 0 Å². The highest BCUT2D eigenvalue weighted by Crippen LogP contribution is 2.29. The van der Waals surface area contributed by atoms with E-state index in [0.717, 1.165) is 24.9 Å². The molecule has 1 aromatic heterocycles. The van der Waals surface area contributed by atoms with Crippen molar-refractivity contribution in [2.75, 3.05) is 13.1 Å². The minimum atomic E-state index is -0.198. The first-order valence-electron chi connectivity index (χ1n) is 9.40. The van der Waals surface area contributed by atoms with Gasteiger partial charge < -0.3 is 10.0 Å². The van der Waals surface area contributed by atoms with Crippen molar-refractivity contribution in [2.24, 2.45) is 0 Å². The summed E-state index contributed by atoms with van der Waals surface area (Å²) in [6.07, 6.45) is 4.44. The van der Waals surface area contributed by atoms with Crippen LogP contribution in [0.25, 0.3) is 5.69 Å². The van der Waals surface area contributed by atoms with Crippen molar-refractivity contribution >= 4 is 5.91 Å². The first-order valence-corrected chi connectivity index (χ1v) is 9.40. The third-order valence-corrected chi connectivity index (χ3v) is 5.20. The number of rotatable bonds is 3. The van der Waals surface area contributed by atoms with Crippen molar-refractivity contribution in [1.82, 2.24) is 14.7 Å². The van der Waals surface area contributed by atoms with Gasteiger partial charge in [-0.3, -0.25) is 4.79 Å². The van der Waals surface area contributed by atoms with Crippen LogP contribution in [0.1, 0.15) is 41.2 Å². The molecule has 0 bridgehead atoms. The van der Waals surface area contributed by atoms with E-state index in [1.807, 2.05) is 41.3 Å². The van der Waals surface area contributed by atoms with Crippen LogP contribution >= 0.6 is 0 Å². The molecular formula is C22H23N3O2. The molecule has 1 fully saturated rings. The Morgan fingerprint density at radius 3 is 2.41 bits per heavy atom. The molecule has 1 aliphatic heterocycles. The lowest BCUT2D eigenvalue weighted by molar-refractivity contribution is 0.0751. The van der Waals surface area contributed by atoms with E-state index in [4.69, 9.17) is 0 Å². The summed E-state index contributed by atoms with van der Waals surface area (Å²) in [6.45, 7) is 1.37. The molecule has 0 radical (unpaired) electrons. The zero-order valence-electron chi connectivity index (χ0n) is 15.2. The molecule has 0 saturated carbocycles. The molecule has 1 atom stereocenters. The number of amides is 1. The van der Waals surface area contributed by atoms with Gasteiger partial charge in [-0.25, -0.2) is 4.68 Å². The number of para-hydroxylation sites is 1. The number of carbonyl (C=O) groups is 1. The van der Waals surface area contributed by atoms with Gasteiger partial charge in [-0.1, -0.05) is 48.5 Å². The highest BCUT2D eigenvalue weighted by molar-refractivity contribution is 5.94. The Balaban J connectivity index is 1.49. The molecule has 1 amide bonds. The fourth-order valence-corrected chi connectivity index (χ4v) is 3.74. The van der Waals surface area contributed by atoms with E-state index in [9.17, 15) is 9.90 Å². The molecule has 3 aromatic rings. The number of likely N-dealkylation sites (tertiary alicyclic amines) is 1. The zero-order chi connectivity index (χ0) is 18.6. The summed E-state index contributed by atoms with van der Waals surface area (Å²) in [5.74, 6) is 0.197. The molecule has 1 N–H and O–H groups in total. The smallest absolute Gasteiger partial charge is 0.278 e. The van der Waals surface area contributed by atoms with Gasteiger partial charge in [0.25, 0.3) is 5.91 Å².